The predicted octanol–water partition coefficient (Wildman–Crippen LogP) is 9.20. The van der Waals surface area contributed by atoms with E-state index in [0.717, 1.165) is 122 Å². The Kier molecular flexibility index (Phi) is 15.6. The summed E-state index contributed by atoms with van der Waals surface area (Å²) in [5.74, 6) is -6.07. The lowest BCUT2D eigenvalue weighted by Gasteiger charge is -2.52. The average molecular weight is 926 g/mol. The molecule has 68 heavy (non-hydrogen) atoms. The highest BCUT2D eigenvalue weighted by Gasteiger charge is 2.57. The first-order valence-electron chi connectivity index (χ1n) is 25.9. The predicted molar refractivity (Wildman–Crippen MR) is 267 cm³/mol. The van der Waals surface area contributed by atoms with E-state index in [1.807, 2.05) is 48.5 Å². The molecular weight excluding hydrogens is 851 g/mol. The normalized spacial score (nSPS) is 28.3. The van der Waals surface area contributed by atoms with Gasteiger partial charge in [0, 0.05) is 33.8 Å². The number of rotatable bonds is 19. The first-order valence-corrected chi connectivity index (χ1v) is 25.9. The zero-order valence-electron chi connectivity index (χ0n) is 40.2. The Bertz CT molecular complexity index is 2490. The van der Waals surface area contributed by atoms with Crippen molar-refractivity contribution in [2.24, 2.45) is 47.2 Å². The monoisotopic (exact) mass is 926 g/mol. The second-order valence-corrected chi connectivity index (χ2v) is 21.5. The van der Waals surface area contributed by atoms with E-state index in [4.69, 9.17) is 5.73 Å². The standard InChI is InChI=1S/C59H75NO8/c1-2-3-5-13-45-35-49(20-21-53(45)63)57-25-22-40(31-47(57)15-7-4-6-14-46(38-62)42-19-18-39(30-42)24-28-60)33-52(59(67,68)27-29-61)54(56(65)66)58(48-16-10-11-41(32-48)36-57)26-23-44-34-43-12-8-9-17-50(43)55(64)51(44)37-58/h8-12,16-17,20-21,29-30,32-35,38,42,44,46-47,51-52,54,63-64,67-68H,2-7,13-15,18-19,22-28,31,36-37,60H2,1H3,(H,65,66). The number of unbranched alkanes of at least 4 members (excludes halogenated alkanes) is 4. The number of aryl methyl sites for hydroxylation is 1. The molecule has 0 amide bonds. The van der Waals surface area contributed by atoms with E-state index in [-0.39, 0.29) is 41.3 Å². The number of aliphatic hydroxyl groups excluding tert-OH is 1. The number of aldehydes is 2. The maximum absolute atomic E-state index is 14.2. The summed E-state index contributed by atoms with van der Waals surface area (Å²) < 4.78 is 0. The zero-order chi connectivity index (χ0) is 48.1. The number of phenols is 1. The van der Waals surface area contributed by atoms with Crippen LogP contribution in [0.15, 0.2) is 90.0 Å². The molecular formula is C59H75NO8. The number of nitrogens with two attached hydrogens (primary N) is 1. The van der Waals surface area contributed by atoms with E-state index in [9.17, 15) is 39.9 Å². The van der Waals surface area contributed by atoms with Crippen LogP contribution in [0.5, 0.6) is 5.75 Å². The van der Waals surface area contributed by atoms with Gasteiger partial charge in [-0.25, -0.2) is 0 Å². The van der Waals surface area contributed by atoms with Gasteiger partial charge in [0.15, 0.2) is 5.79 Å². The van der Waals surface area contributed by atoms with Crippen LogP contribution >= 0.6 is 0 Å². The van der Waals surface area contributed by atoms with E-state index in [1.165, 1.54) is 11.1 Å². The second-order valence-electron chi connectivity index (χ2n) is 21.5. The van der Waals surface area contributed by atoms with Crippen molar-refractivity contribution in [2.75, 3.05) is 6.54 Å². The largest absolute Gasteiger partial charge is 0.511 e. The number of benzene rings is 3. The number of aromatic hydroxyl groups is 1. The van der Waals surface area contributed by atoms with Crippen LogP contribution in [0.25, 0.3) is 11.8 Å². The molecule has 0 heterocycles. The van der Waals surface area contributed by atoms with Crippen molar-refractivity contribution in [3.63, 3.8) is 0 Å². The van der Waals surface area contributed by atoms with Gasteiger partial charge in [-0.15, -0.1) is 0 Å². The SMILES string of the molecule is CCCCCc1cc(C23CCC(=CC(C(O)(O)CC=O)C(C(=O)O)C4(CCC5C=c6ccccc6=C(O)C5C4)c4cccc(c4)C2)CC3CCCCCC(C=O)C2C=C(CCN)CC2)ccc1O. The zero-order valence-corrected chi connectivity index (χ0v) is 40.2. The summed E-state index contributed by atoms with van der Waals surface area (Å²) in [5.41, 5.74) is 10.6. The average Bonchev–Trinajstić information content (AvgIpc) is 3.79. The summed E-state index contributed by atoms with van der Waals surface area (Å²) in [5, 5.41) is 60.8. The molecule has 9 atom stereocenters. The van der Waals surface area contributed by atoms with Gasteiger partial charge in [0.05, 0.1) is 12.3 Å². The molecule has 0 saturated heterocycles. The number of allylic oxidation sites excluding steroid dienone is 2. The molecule has 9 rings (SSSR count). The Hall–Kier alpha value is -4.83. The molecule has 2 saturated carbocycles. The molecule has 9 unspecified atom stereocenters. The topological polar surface area (TPSA) is 178 Å². The van der Waals surface area contributed by atoms with Crippen LogP contribution in [0, 0.1) is 41.4 Å². The van der Waals surface area contributed by atoms with Gasteiger partial charge in [-0.2, -0.15) is 0 Å². The summed E-state index contributed by atoms with van der Waals surface area (Å²) in [6, 6.07) is 22.3. The Labute approximate surface area is 403 Å². The van der Waals surface area contributed by atoms with Crippen molar-refractivity contribution in [1.82, 2.24) is 0 Å². The quantitative estimate of drug-likeness (QED) is 0.0296. The highest BCUT2D eigenvalue weighted by atomic mass is 16.5. The maximum atomic E-state index is 14.2. The minimum absolute atomic E-state index is 0.00973. The van der Waals surface area contributed by atoms with Gasteiger partial charge in [0.1, 0.15) is 24.1 Å². The molecule has 0 aromatic heterocycles. The second kappa shape index (κ2) is 21.4. The lowest BCUT2D eigenvalue weighted by atomic mass is 9.51. The first kappa shape index (κ1) is 49.6. The lowest BCUT2D eigenvalue weighted by Crippen LogP contribution is -2.55. The number of hydrogen-bond acceptors (Lipinski definition) is 8. The van der Waals surface area contributed by atoms with Crippen LogP contribution in [0.2, 0.25) is 0 Å². The van der Waals surface area contributed by atoms with Gasteiger partial charge in [0.25, 0.3) is 0 Å². The third-order valence-electron chi connectivity index (χ3n) is 17.5. The fourth-order valence-electron chi connectivity index (χ4n) is 13.9. The minimum Gasteiger partial charge on any atom is -0.511 e. The minimum atomic E-state index is -2.66. The van der Waals surface area contributed by atoms with Crippen LogP contribution in [0.4, 0.5) is 0 Å². The molecule has 3 aromatic carbocycles. The van der Waals surface area contributed by atoms with Gasteiger partial charge >= 0.3 is 5.97 Å². The Morgan fingerprint density at radius 2 is 1.69 bits per heavy atom. The van der Waals surface area contributed by atoms with Crippen molar-refractivity contribution < 1.29 is 39.9 Å². The molecule has 9 nitrogen and oxygen atoms in total. The van der Waals surface area contributed by atoms with Crippen LogP contribution in [0.3, 0.4) is 0 Å². The Morgan fingerprint density at radius 1 is 0.868 bits per heavy atom. The molecule has 9 heteroatoms. The van der Waals surface area contributed by atoms with Crippen molar-refractivity contribution in [1.29, 1.82) is 0 Å². The van der Waals surface area contributed by atoms with Crippen LogP contribution < -0.4 is 16.2 Å². The van der Waals surface area contributed by atoms with Crippen LogP contribution in [-0.4, -0.2) is 56.4 Å². The van der Waals surface area contributed by atoms with Gasteiger partial charge < -0.3 is 40.9 Å². The fraction of sp³-hybridized carbons (Fsp3) is 0.542. The van der Waals surface area contributed by atoms with Crippen LogP contribution in [0.1, 0.15) is 145 Å². The number of carbonyl (C=O) groups excluding carboxylic acids is 2. The third kappa shape index (κ3) is 10.1. The van der Waals surface area contributed by atoms with E-state index >= 15 is 0 Å². The molecule has 2 fully saturated rings. The molecule has 364 valence electrons. The van der Waals surface area contributed by atoms with Crippen molar-refractivity contribution in [3.05, 3.63) is 123 Å². The molecule has 7 N–H and O–H groups in total. The summed E-state index contributed by atoms with van der Waals surface area (Å²) in [6.45, 7) is 2.81. The smallest absolute Gasteiger partial charge is 0.308 e. The molecule has 4 bridgehead atoms. The van der Waals surface area contributed by atoms with Gasteiger partial charge in [-0.3, -0.25) is 4.79 Å². The maximum Gasteiger partial charge on any atom is 0.308 e. The highest BCUT2D eigenvalue weighted by molar-refractivity contribution is 5.74. The number of phenolic OH excluding ortho intramolecular Hbond substituents is 1. The number of fused-ring (bicyclic) bond motifs is 6. The fourth-order valence-corrected chi connectivity index (χ4v) is 13.9. The van der Waals surface area contributed by atoms with Crippen LogP contribution in [-0.2, 0) is 38.1 Å². The molecule has 0 radical (unpaired) electrons. The van der Waals surface area contributed by atoms with Gasteiger partial charge in [-0.1, -0.05) is 129 Å². The number of carboxylic acids is 1. The molecule has 6 aliphatic rings. The number of carbonyl (C=O) groups is 3. The number of aliphatic hydroxyl groups is 3. The van der Waals surface area contributed by atoms with Gasteiger partial charge in [0.2, 0.25) is 0 Å². The molecule has 3 aromatic rings. The molecule has 6 aliphatic carbocycles. The summed E-state index contributed by atoms with van der Waals surface area (Å²) in [6.07, 6.45) is 22.5. The number of carboxylic acid groups (broad SMARTS) is 1. The van der Waals surface area contributed by atoms with Gasteiger partial charge in [-0.05, 0) is 148 Å². The van der Waals surface area contributed by atoms with E-state index in [2.05, 4.69) is 43.3 Å². The van der Waals surface area contributed by atoms with Crippen molar-refractivity contribution in [2.45, 2.75) is 152 Å². The third-order valence-corrected chi connectivity index (χ3v) is 17.5. The summed E-state index contributed by atoms with van der Waals surface area (Å²) >= 11 is 0. The first-order chi connectivity index (χ1) is 32.9. The van der Waals surface area contributed by atoms with E-state index < -0.39 is 41.3 Å². The Balaban J connectivity index is 1.22. The molecule has 0 aliphatic heterocycles. The molecule has 1 spiro atoms. The van der Waals surface area contributed by atoms with E-state index in [1.54, 1.807) is 0 Å². The van der Waals surface area contributed by atoms with E-state index in [0.29, 0.717) is 50.7 Å². The number of hydrogen-bond donors (Lipinski definition) is 6. The highest BCUT2D eigenvalue weighted by Crippen LogP contribution is 2.58. The summed E-state index contributed by atoms with van der Waals surface area (Å²) in [4.78, 5) is 38.9. The van der Waals surface area contributed by atoms with Crippen molar-refractivity contribution >= 4 is 30.4 Å². The van der Waals surface area contributed by atoms with Crippen molar-refractivity contribution in [3.8, 4) is 5.75 Å². The Morgan fingerprint density at radius 3 is 2.47 bits per heavy atom. The number of aliphatic carboxylic acids is 1. The lowest BCUT2D eigenvalue weighted by molar-refractivity contribution is -0.212. The summed E-state index contributed by atoms with van der Waals surface area (Å²) in [7, 11) is 0.